The van der Waals surface area contributed by atoms with Crippen LogP contribution in [0.3, 0.4) is 0 Å². The first-order chi connectivity index (χ1) is 12.1. The number of allylic oxidation sites excluding steroid dienone is 1. The SMILES string of the molecule is CC(C)(C)c1ccc(/C=C2/C(=O)C3(C)CCC2C3(C)C)c(O)c1C(C)(C)C. The van der Waals surface area contributed by atoms with Crippen LogP contribution in [0.25, 0.3) is 6.08 Å². The van der Waals surface area contributed by atoms with E-state index in [1.165, 1.54) is 5.56 Å². The molecular weight excluding hydrogens is 332 g/mol. The Balaban J connectivity index is 2.18. The molecule has 0 radical (unpaired) electrons. The van der Waals surface area contributed by atoms with Crippen molar-refractivity contribution in [2.45, 2.75) is 86.0 Å². The first kappa shape index (κ1) is 20.2. The first-order valence-corrected chi connectivity index (χ1v) is 10.3. The quantitative estimate of drug-likeness (QED) is 0.583. The highest BCUT2D eigenvalue weighted by Crippen LogP contribution is 2.65. The van der Waals surface area contributed by atoms with Crippen LogP contribution < -0.4 is 0 Å². The van der Waals surface area contributed by atoms with Gasteiger partial charge in [-0.05, 0) is 46.6 Å². The summed E-state index contributed by atoms with van der Waals surface area (Å²) in [5.41, 5.74) is 3.35. The molecule has 0 amide bonds. The number of rotatable bonds is 1. The Morgan fingerprint density at radius 1 is 1.04 bits per heavy atom. The zero-order valence-corrected chi connectivity index (χ0v) is 18.6. The number of hydrogen-bond acceptors (Lipinski definition) is 2. The van der Waals surface area contributed by atoms with E-state index in [9.17, 15) is 9.90 Å². The number of Topliss-reactive ketones (excluding diaryl/α,β-unsaturated/α-hetero) is 1. The average molecular weight is 369 g/mol. The molecule has 0 heterocycles. The minimum absolute atomic E-state index is 0.0102. The second-order valence-corrected chi connectivity index (χ2v) is 11.5. The molecule has 148 valence electrons. The molecule has 1 N–H and O–H groups in total. The monoisotopic (exact) mass is 368 g/mol. The topological polar surface area (TPSA) is 37.3 Å². The van der Waals surface area contributed by atoms with E-state index < -0.39 is 0 Å². The number of aromatic hydroxyl groups is 1. The molecular formula is C25H36O2. The van der Waals surface area contributed by atoms with Gasteiger partial charge in [-0.2, -0.15) is 0 Å². The van der Waals surface area contributed by atoms with E-state index in [0.717, 1.165) is 29.5 Å². The second kappa shape index (κ2) is 5.72. The molecule has 3 rings (SSSR count). The summed E-state index contributed by atoms with van der Waals surface area (Å²) >= 11 is 0. The summed E-state index contributed by atoms with van der Waals surface area (Å²) in [4.78, 5) is 13.2. The van der Waals surface area contributed by atoms with Gasteiger partial charge in [-0.25, -0.2) is 0 Å². The third kappa shape index (κ3) is 2.79. The highest BCUT2D eigenvalue weighted by Gasteiger charge is 2.63. The van der Waals surface area contributed by atoms with Crippen molar-refractivity contribution in [1.82, 2.24) is 0 Å². The van der Waals surface area contributed by atoms with E-state index in [1.54, 1.807) is 0 Å². The Bertz CT molecular complexity index is 827. The Kier molecular flexibility index (Phi) is 4.27. The van der Waals surface area contributed by atoms with Gasteiger partial charge in [0.15, 0.2) is 5.78 Å². The molecule has 0 aromatic heterocycles. The highest BCUT2D eigenvalue weighted by atomic mass is 16.3. The lowest BCUT2D eigenvalue weighted by molar-refractivity contribution is -0.125. The smallest absolute Gasteiger partial charge is 0.165 e. The molecule has 2 heteroatoms. The van der Waals surface area contributed by atoms with E-state index in [1.807, 2.05) is 12.1 Å². The minimum Gasteiger partial charge on any atom is -0.507 e. The van der Waals surface area contributed by atoms with Gasteiger partial charge in [-0.15, -0.1) is 0 Å². The normalized spacial score (nSPS) is 29.0. The number of ketones is 1. The number of phenols is 1. The molecule has 1 aromatic carbocycles. The average Bonchev–Trinajstić information content (AvgIpc) is 2.80. The van der Waals surface area contributed by atoms with Crippen molar-refractivity contribution < 1.29 is 9.90 Å². The van der Waals surface area contributed by atoms with Crippen molar-refractivity contribution >= 4 is 11.9 Å². The van der Waals surface area contributed by atoms with Gasteiger partial charge in [0.1, 0.15) is 5.75 Å². The number of carbonyl (C=O) groups excluding carboxylic acids is 1. The summed E-state index contributed by atoms with van der Waals surface area (Å²) in [6.07, 6.45) is 4.02. The molecule has 2 saturated carbocycles. The third-order valence-electron chi connectivity index (χ3n) is 7.44. The lowest BCUT2D eigenvalue weighted by Crippen LogP contribution is -2.32. The molecule has 2 bridgehead atoms. The van der Waals surface area contributed by atoms with Gasteiger partial charge in [0, 0.05) is 22.1 Å². The fourth-order valence-electron chi connectivity index (χ4n) is 5.37. The van der Waals surface area contributed by atoms with Crippen molar-refractivity contribution in [1.29, 1.82) is 0 Å². The Morgan fingerprint density at radius 3 is 2.07 bits per heavy atom. The van der Waals surface area contributed by atoms with Crippen LogP contribution in [-0.4, -0.2) is 10.9 Å². The Labute approximate surface area is 165 Å². The molecule has 0 saturated heterocycles. The Morgan fingerprint density at radius 2 is 1.63 bits per heavy atom. The summed E-state index contributed by atoms with van der Waals surface area (Å²) in [7, 11) is 0. The van der Waals surface area contributed by atoms with Crippen LogP contribution in [0.2, 0.25) is 0 Å². The molecule has 2 nitrogen and oxygen atoms in total. The molecule has 0 spiro atoms. The van der Waals surface area contributed by atoms with Gasteiger partial charge in [0.2, 0.25) is 0 Å². The summed E-state index contributed by atoms with van der Waals surface area (Å²) in [5.74, 6) is 0.899. The predicted molar refractivity (Wildman–Crippen MR) is 113 cm³/mol. The third-order valence-corrected chi connectivity index (χ3v) is 7.44. The standard InChI is InChI=1S/C25H36O2/c1-22(2,3)18-11-10-15(20(26)19(18)23(4,5)6)14-16-17-12-13-25(9,21(16)27)24(17,7)8/h10-11,14,17,26H,12-13H2,1-9H3/b16-14+. The van der Waals surface area contributed by atoms with Gasteiger partial charge in [0.05, 0.1) is 0 Å². The fraction of sp³-hybridized carbons (Fsp3) is 0.640. The molecule has 2 aliphatic rings. The van der Waals surface area contributed by atoms with Crippen LogP contribution in [0, 0.1) is 16.7 Å². The zero-order chi connectivity index (χ0) is 20.6. The van der Waals surface area contributed by atoms with Gasteiger partial charge in [0.25, 0.3) is 0 Å². The maximum Gasteiger partial charge on any atom is 0.165 e. The van der Waals surface area contributed by atoms with Crippen LogP contribution >= 0.6 is 0 Å². The van der Waals surface area contributed by atoms with Crippen molar-refractivity contribution in [3.8, 4) is 5.75 Å². The number of carbonyl (C=O) groups is 1. The molecule has 2 atom stereocenters. The highest BCUT2D eigenvalue weighted by molar-refractivity contribution is 6.08. The molecule has 2 fully saturated rings. The van der Waals surface area contributed by atoms with Crippen molar-refractivity contribution in [3.63, 3.8) is 0 Å². The second-order valence-electron chi connectivity index (χ2n) is 11.5. The maximum absolute atomic E-state index is 13.2. The van der Waals surface area contributed by atoms with Crippen molar-refractivity contribution in [2.75, 3.05) is 0 Å². The van der Waals surface area contributed by atoms with E-state index in [2.05, 4.69) is 68.4 Å². The van der Waals surface area contributed by atoms with E-state index >= 15 is 0 Å². The molecule has 2 unspecified atom stereocenters. The molecule has 27 heavy (non-hydrogen) atoms. The van der Waals surface area contributed by atoms with Crippen molar-refractivity contribution in [2.24, 2.45) is 16.7 Å². The van der Waals surface area contributed by atoms with Crippen LogP contribution in [0.5, 0.6) is 5.75 Å². The predicted octanol–water partition coefficient (Wildman–Crippen LogP) is 6.40. The Hall–Kier alpha value is -1.57. The van der Waals surface area contributed by atoms with E-state index in [-0.39, 0.29) is 33.4 Å². The van der Waals surface area contributed by atoms with Gasteiger partial charge >= 0.3 is 0 Å². The molecule has 1 aromatic rings. The van der Waals surface area contributed by atoms with Gasteiger partial charge in [-0.3, -0.25) is 4.79 Å². The summed E-state index contributed by atoms with van der Waals surface area (Å²) < 4.78 is 0. The van der Waals surface area contributed by atoms with Crippen LogP contribution in [0.1, 0.15) is 91.8 Å². The minimum atomic E-state index is -0.267. The lowest BCUT2D eigenvalue weighted by atomic mass is 9.70. The number of benzene rings is 1. The summed E-state index contributed by atoms with van der Waals surface area (Å²) in [5, 5.41) is 11.2. The zero-order valence-electron chi connectivity index (χ0n) is 18.6. The number of fused-ring (bicyclic) bond motifs is 2. The molecule has 0 aliphatic heterocycles. The van der Waals surface area contributed by atoms with Crippen LogP contribution in [-0.2, 0) is 15.6 Å². The summed E-state index contributed by atoms with van der Waals surface area (Å²) in [6.45, 7) is 19.5. The molecule has 2 aliphatic carbocycles. The van der Waals surface area contributed by atoms with E-state index in [0.29, 0.717) is 5.75 Å². The van der Waals surface area contributed by atoms with E-state index in [4.69, 9.17) is 0 Å². The van der Waals surface area contributed by atoms with Crippen molar-refractivity contribution in [3.05, 3.63) is 34.4 Å². The van der Waals surface area contributed by atoms with Gasteiger partial charge < -0.3 is 5.11 Å². The van der Waals surface area contributed by atoms with Crippen LogP contribution in [0.4, 0.5) is 0 Å². The fourth-order valence-corrected chi connectivity index (χ4v) is 5.37. The summed E-state index contributed by atoms with van der Waals surface area (Å²) in [6, 6.07) is 4.13. The number of hydrogen-bond donors (Lipinski definition) is 1. The number of phenolic OH excluding ortho intramolecular Hbond substituents is 1. The maximum atomic E-state index is 13.2. The van der Waals surface area contributed by atoms with Crippen LogP contribution in [0.15, 0.2) is 17.7 Å². The van der Waals surface area contributed by atoms with Gasteiger partial charge in [-0.1, -0.05) is 74.4 Å². The largest absolute Gasteiger partial charge is 0.507 e. The lowest BCUT2D eigenvalue weighted by Gasteiger charge is -2.31. The first-order valence-electron chi connectivity index (χ1n) is 10.3.